The summed E-state index contributed by atoms with van der Waals surface area (Å²) in [5.41, 5.74) is 1.24. The first-order chi connectivity index (χ1) is 14.4. The molecule has 0 bridgehead atoms. The molecule has 0 aliphatic carbocycles. The molecule has 0 aliphatic rings. The van der Waals surface area contributed by atoms with Crippen LogP contribution in [0.1, 0.15) is 44.6 Å². The predicted octanol–water partition coefficient (Wildman–Crippen LogP) is 7.70. The van der Waals surface area contributed by atoms with Crippen LogP contribution in [0.4, 0.5) is 0 Å². The van der Waals surface area contributed by atoms with E-state index in [2.05, 4.69) is 51.8 Å². The van der Waals surface area contributed by atoms with Crippen LogP contribution in [0.15, 0.2) is 30.3 Å². The van der Waals surface area contributed by atoms with Gasteiger partial charge in [-0.15, -0.1) is 11.8 Å². The summed E-state index contributed by atoms with van der Waals surface area (Å²) in [6.07, 6.45) is 2.65. The SMILES string of the molecule is CCCOC(=O)C(CC(C)c1ccccc1)SC(=S)SCCC[Si](C)(C)O[Si](C)(C)C. The second-order valence-electron chi connectivity index (χ2n) is 9.50. The van der Waals surface area contributed by atoms with Gasteiger partial charge < -0.3 is 8.85 Å². The van der Waals surface area contributed by atoms with Crippen molar-refractivity contribution in [2.45, 2.75) is 83.1 Å². The van der Waals surface area contributed by atoms with Crippen LogP contribution in [-0.2, 0) is 13.6 Å². The number of thioether (sulfide) groups is 2. The molecule has 2 unspecified atom stereocenters. The van der Waals surface area contributed by atoms with E-state index >= 15 is 0 Å². The Morgan fingerprint density at radius 1 is 1.13 bits per heavy atom. The molecule has 0 radical (unpaired) electrons. The Morgan fingerprint density at radius 3 is 2.35 bits per heavy atom. The number of hydrogen-bond donors (Lipinski definition) is 0. The third-order valence-electron chi connectivity index (χ3n) is 4.61. The summed E-state index contributed by atoms with van der Waals surface area (Å²) in [6.45, 7) is 16.0. The summed E-state index contributed by atoms with van der Waals surface area (Å²) in [5.74, 6) is 1.10. The number of ether oxygens (including phenoxy) is 1. The zero-order valence-corrected chi connectivity index (χ0v) is 24.7. The molecule has 0 N–H and O–H groups in total. The van der Waals surface area contributed by atoms with E-state index in [1.807, 2.05) is 25.1 Å². The molecular weight excluding hydrogens is 477 g/mol. The van der Waals surface area contributed by atoms with Gasteiger partial charge in [-0.25, -0.2) is 0 Å². The Morgan fingerprint density at radius 2 is 1.77 bits per heavy atom. The van der Waals surface area contributed by atoms with Gasteiger partial charge in [0, 0.05) is 0 Å². The maximum atomic E-state index is 12.7. The van der Waals surface area contributed by atoms with Gasteiger partial charge in [-0.2, -0.15) is 0 Å². The number of hydrogen-bond acceptors (Lipinski definition) is 6. The lowest BCUT2D eigenvalue weighted by Crippen LogP contribution is -2.42. The minimum absolute atomic E-state index is 0.144. The van der Waals surface area contributed by atoms with E-state index in [4.69, 9.17) is 21.1 Å². The molecule has 0 aliphatic heterocycles. The smallest absolute Gasteiger partial charge is 0.319 e. The summed E-state index contributed by atoms with van der Waals surface area (Å²) in [5, 5.41) is -0.261. The summed E-state index contributed by atoms with van der Waals surface area (Å²) in [4.78, 5) is 12.7. The maximum absolute atomic E-state index is 12.7. The van der Waals surface area contributed by atoms with Crippen molar-refractivity contribution >= 4 is 61.9 Å². The molecule has 1 aromatic rings. The molecule has 0 saturated carbocycles. The van der Waals surface area contributed by atoms with Gasteiger partial charge in [0.15, 0.2) is 16.6 Å². The second kappa shape index (κ2) is 14.2. The standard InChI is InChI=1S/C23H40O3S3Si2/c1-8-15-25-22(24)21(18-19(2)20-13-10-9-11-14-20)29-23(27)28-16-12-17-31(6,7)26-30(3,4)5/h9-11,13-14,19,21H,8,12,15-18H2,1-7H3. The molecule has 1 rings (SSSR count). The molecule has 0 saturated heterocycles. The maximum Gasteiger partial charge on any atom is 0.319 e. The fraction of sp³-hybridized carbons (Fsp3) is 0.652. The number of carbonyl (C=O) groups excluding carboxylic acids is 1. The van der Waals surface area contributed by atoms with Gasteiger partial charge in [-0.3, -0.25) is 4.79 Å². The number of esters is 1. The van der Waals surface area contributed by atoms with Crippen LogP contribution in [0.3, 0.4) is 0 Å². The first kappa shape index (κ1) is 28.9. The van der Waals surface area contributed by atoms with Gasteiger partial charge in [0.1, 0.15) is 8.78 Å². The van der Waals surface area contributed by atoms with E-state index in [9.17, 15) is 4.79 Å². The zero-order valence-electron chi connectivity index (χ0n) is 20.2. The highest BCUT2D eigenvalue weighted by Crippen LogP contribution is 2.32. The molecule has 0 aromatic heterocycles. The molecule has 0 spiro atoms. The lowest BCUT2D eigenvalue weighted by molar-refractivity contribution is -0.143. The Labute approximate surface area is 206 Å². The van der Waals surface area contributed by atoms with E-state index in [0.717, 1.165) is 34.6 Å². The topological polar surface area (TPSA) is 35.5 Å². The Balaban J connectivity index is 2.57. The van der Waals surface area contributed by atoms with Crippen molar-refractivity contribution in [1.29, 1.82) is 0 Å². The molecule has 0 fully saturated rings. The van der Waals surface area contributed by atoms with Gasteiger partial charge in [0.2, 0.25) is 0 Å². The molecule has 176 valence electrons. The van der Waals surface area contributed by atoms with Gasteiger partial charge >= 0.3 is 5.97 Å². The van der Waals surface area contributed by atoms with E-state index in [1.54, 1.807) is 11.8 Å². The van der Waals surface area contributed by atoms with E-state index in [1.165, 1.54) is 17.3 Å². The Kier molecular flexibility index (Phi) is 13.2. The summed E-state index contributed by atoms with van der Waals surface area (Å²) in [7, 11) is -3.10. The summed E-state index contributed by atoms with van der Waals surface area (Å²) < 4.78 is 12.7. The van der Waals surface area contributed by atoms with Crippen LogP contribution >= 0.6 is 35.7 Å². The number of rotatable bonds is 13. The van der Waals surface area contributed by atoms with Crippen molar-refractivity contribution in [3.63, 3.8) is 0 Å². The average Bonchev–Trinajstić information content (AvgIpc) is 2.67. The lowest BCUT2D eigenvalue weighted by Gasteiger charge is -2.31. The summed E-state index contributed by atoms with van der Waals surface area (Å²) in [6, 6.07) is 11.5. The third-order valence-corrected chi connectivity index (χ3v) is 13.7. The molecule has 3 nitrogen and oxygen atoms in total. The molecule has 0 amide bonds. The van der Waals surface area contributed by atoms with Crippen molar-refractivity contribution in [1.82, 2.24) is 0 Å². The normalized spacial score (nSPS) is 14.2. The fourth-order valence-corrected chi connectivity index (χ4v) is 14.4. The molecule has 1 aromatic carbocycles. The average molecular weight is 517 g/mol. The van der Waals surface area contributed by atoms with Gasteiger partial charge in [0.05, 0.1) is 6.61 Å². The Hall–Kier alpha value is -0.126. The first-order valence-electron chi connectivity index (χ1n) is 11.2. The van der Waals surface area contributed by atoms with Crippen molar-refractivity contribution in [3.05, 3.63) is 35.9 Å². The van der Waals surface area contributed by atoms with Crippen LogP contribution in [0.5, 0.6) is 0 Å². The van der Waals surface area contributed by atoms with Gasteiger partial charge in [-0.1, -0.05) is 68.2 Å². The van der Waals surface area contributed by atoms with Crippen LogP contribution in [0, 0.1) is 0 Å². The van der Waals surface area contributed by atoms with Crippen molar-refractivity contribution in [2.24, 2.45) is 0 Å². The minimum Gasteiger partial charge on any atom is -0.465 e. The minimum atomic E-state index is -1.61. The molecular formula is C23H40O3S3Si2. The number of thiocarbonyl (C=S) groups is 1. The number of benzene rings is 1. The van der Waals surface area contributed by atoms with Crippen LogP contribution in [0.25, 0.3) is 0 Å². The van der Waals surface area contributed by atoms with Crippen molar-refractivity contribution in [2.75, 3.05) is 12.4 Å². The quantitative estimate of drug-likeness (QED) is 0.116. The summed E-state index contributed by atoms with van der Waals surface area (Å²) >= 11 is 8.82. The highest BCUT2D eigenvalue weighted by atomic mass is 32.2. The van der Waals surface area contributed by atoms with Crippen LogP contribution < -0.4 is 0 Å². The third kappa shape index (κ3) is 13.2. The fourth-order valence-electron chi connectivity index (χ4n) is 3.41. The lowest BCUT2D eigenvalue weighted by atomic mass is 9.96. The Bertz CT molecular complexity index is 678. The molecule has 8 heteroatoms. The zero-order chi connectivity index (χ0) is 23.5. The van der Waals surface area contributed by atoms with Crippen molar-refractivity contribution < 1.29 is 13.6 Å². The molecule has 31 heavy (non-hydrogen) atoms. The second-order valence-corrected chi connectivity index (χ2v) is 22.1. The molecule has 0 heterocycles. The van der Waals surface area contributed by atoms with Gasteiger partial charge in [0.25, 0.3) is 0 Å². The number of carbonyl (C=O) groups is 1. The first-order valence-corrected chi connectivity index (χ1v) is 20.0. The van der Waals surface area contributed by atoms with E-state index in [0.29, 0.717) is 6.61 Å². The van der Waals surface area contributed by atoms with Crippen LogP contribution in [-0.4, -0.2) is 43.7 Å². The highest BCUT2D eigenvalue weighted by Gasteiger charge is 2.29. The predicted molar refractivity (Wildman–Crippen MR) is 148 cm³/mol. The largest absolute Gasteiger partial charge is 0.465 e. The molecule has 2 atom stereocenters. The van der Waals surface area contributed by atoms with Gasteiger partial charge in [-0.05, 0) is 75.3 Å². The van der Waals surface area contributed by atoms with Crippen LogP contribution in [0.2, 0.25) is 38.8 Å². The monoisotopic (exact) mass is 516 g/mol. The van der Waals surface area contributed by atoms with E-state index < -0.39 is 16.6 Å². The van der Waals surface area contributed by atoms with Crippen molar-refractivity contribution in [3.8, 4) is 0 Å². The highest BCUT2D eigenvalue weighted by molar-refractivity contribution is 8.47. The van der Waals surface area contributed by atoms with E-state index in [-0.39, 0.29) is 17.1 Å².